The molecule has 0 saturated heterocycles. The Morgan fingerprint density at radius 2 is 1.55 bits per heavy atom. The number of anilines is 1. The number of nitrogens with zero attached hydrogens (tertiary/aromatic N) is 1. The zero-order chi connectivity index (χ0) is 21.8. The van der Waals surface area contributed by atoms with Crippen molar-refractivity contribution in [1.82, 2.24) is 5.32 Å². The number of carbonyl (C=O) groups is 1. The van der Waals surface area contributed by atoms with Crippen molar-refractivity contribution < 1.29 is 13.2 Å². The molecular weight excluding hydrogens is 408 g/mol. The second-order valence-corrected chi connectivity index (χ2v) is 12.0. The number of hydrogen-bond donors (Lipinski definition) is 1. The fourth-order valence-electron chi connectivity index (χ4n) is 6.43. The highest BCUT2D eigenvalue weighted by Gasteiger charge is 2.51. The monoisotopic (exact) mass is 438 g/mol. The highest BCUT2D eigenvalue weighted by atomic mass is 32.2. The Kier molecular flexibility index (Phi) is 4.88. The second kappa shape index (κ2) is 7.37. The van der Waals surface area contributed by atoms with Gasteiger partial charge in [0, 0.05) is 18.2 Å². The first-order chi connectivity index (χ1) is 14.7. The lowest BCUT2D eigenvalue weighted by atomic mass is 9.53. The van der Waals surface area contributed by atoms with Crippen molar-refractivity contribution in [3.63, 3.8) is 0 Å². The zero-order valence-corrected chi connectivity index (χ0v) is 19.0. The Labute approximate surface area is 184 Å². The summed E-state index contributed by atoms with van der Waals surface area (Å²) in [6.45, 7) is 1.92. The molecule has 0 spiro atoms. The van der Waals surface area contributed by atoms with Gasteiger partial charge in [0.2, 0.25) is 0 Å². The summed E-state index contributed by atoms with van der Waals surface area (Å²) >= 11 is 0. The summed E-state index contributed by atoms with van der Waals surface area (Å²) < 4.78 is 27.3. The first-order valence-electron chi connectivity index (χ1n) is 11.2. The maximum absolute atomic E-state index is 13.2. The summed E-state index contributed by atoms with van der Waals surface area (Å²) in [7, 11) is -2.16. The van der Waals surface area contributed by atoms with Gasteiger partial charge in [-0.25, -0.2) is 8.42 Å². The summed E-state index contributed by atoms with van der Waals surface area (Å²) in [5.41, 5.74) is 1.93. The molecule has 0 heterocycles. The predicted molar refractivity (Wildman–Crippen MR) is 122 cm³/mol. The predicted octanol–water partition coefficient (Wildman–Crippen LogP) is 4.52. The Morgan fingerprint density at radius 3 is 2.13 bits per heavy atom. The van der Waals surface area contributed by atoms with Gasteiger partial charge >= 0.3 is 0 Å². The van der Waals surface area contributed by atoms with Crippen LogP contribution in [0.1, 0.15) is 54.4 Å². The largest absolute Gasteiger partial charge is 0.347 e. The average molecular weight is 439 g/mol. The van der Waals surface area contributed by atoms with Crippen molar-refractivity contribution in [2.45, 2.75) is 55.9 Å². The van der Waals surface area contributed by atoms with E-state index >= 15 is 0 Å². The first kappa shape index (κ1) is 20.6. The van der Waals surface area contributed by atoms with Crippen molar-refractivity contribution in [3.8, 4) is 0 Å². The minimum Gasteiger partial charge on any atom is -0.347 e. The van der Waals surface area contributed by atoms with Crippen LogP contribution < -0.4 is 9.62 Å². The van der Waals surface area contributed by atoms with Crippen molar-refractivity contribution >= 4 is 21.6 Å². The summed E-state index contributed by atoms with van der Waals surface area (Å²) in [4.78, 5) is 13.4. The van der Waals surface area contributed by atoms with Crippen LogP contribution in [-0.2, 0) is 10.0 Å². The minimum atomic E-state index is -3.69. The van der Waals surface area contributed by atoms with Crippen LogP contribution in [0.5, 0.6) is 0 Å². The molecule has 1 N–H and O–H groups in total. The molecule has 6 heteroatoms. The summed E-state index contributed by atoms with van der Waals surface area (Å²) in [5, 5.41) is 3.38. The number of rotatable bonds is 5. The molecule has 31 heavy (non-hydrogen) atoms. The van der Waals surface area contributed by atoms with Gasteiger partial charge in [-0.1, -0.05) is 23.8 Å². The van der Waals surface area contributed by atoms with E-state index < -0.39 is 10.0 Å². The van der Waals surface area contributed by atoms with Gasteiger partial charge in [-0.2, -0.15) is 0 Å². The van der Waals surface area contributed by atoms with Gasteiger partial charge in [-0.05, 0) is 93.5 Å². The number of sulfonamides is 1. The van der Waals surface area contributed by atoms with Gasteiger partial charge in [-0.3, -0.25) is 9.10 Å². The third-order valence-corrected chi connectivity index (χ3v) is 9.37. The molecule has 4 fully saturated rings. The van der Waals surface area contributed by atoms with Gasteiger partial charge in [0.15, 0.2) is 0 Å². The van der Waals surface area contributed by atoms with Crippen LogP contribution >= 0.6 is 0 Å². The summed E-state index contributed by atoms with van der Waals surface area (Å²) in [6, 6.07) is 13.7. The Morgan fingerprint density at radius 1 is 0.968 bits per heavy atom. The summed E-state index contributed by atoms with van der Waals surface area (Å²) in [5.74, 6) is 2.17. The van der Waals surface area contributed by atoms with E-state index in [0.29, 0.717) is 11.3 Å². The van der Waals surface area contributed by atoms with E-state index in [1.165, 1.54) is 30.6 Å². The van der Waals surface area contributed by atoms with Crippen LogP contribution in [0.15, 0.2) is 53.4 Å². The van der Waals surface area contributed by atoms with E-state index in [4.69, 9.17) is 0 Å². The lowest BCUT2D eigenvalue weighted by Crippen LogP contribution is -2.59. The van der Waals surface area contributed by atoms with Crippen LogP contribution in [0.4, 0.5) is 5.69 Å². The topological polar surface area (TPSA) is 66.5 Å². The molecule has 0 radical (unpaired) electrons. The number of benzene rings is 2. The molecule has 6 rings (SSSR count). The van der Waals surface area contributed by atoms with Crippen molar-refractivity contribution in [2.24, 2.45) is 17.8 Å². The maximum Gasteiger partial charge on any atom is 0.264 e. The molecule has 0 aromatic heterocycles. The molecule has 4 saturated carbocycles. The van der Waals surface area contributed by atoms with E-state index in [-0.39, 0.29) is 16.3 Å². The quantitative estimate of drug-likeness (QED) is 0.746. The van der Waals surface area contributed by atoms with E-state index in [0.717, 1.165) is 42.6 Å². The second-order valence-electron chi connectivity index (χ2n) is 9.99. The molecule has 0 atom stereocenters. The molecule has 5 nitrogen and oxygen atoms in total. The Balaban J connectivity index is 1.36. The number of carbonyl (C=O) groups excluding carboxylic acids is 1. The molecular formula is C25H30N2O3S. The van der Waals surface area contributed by atoms with E-state index in [2.05, 4.69) is 5.32 Å². The Bertz CT molecular complexity index is 1070. The van der Waals surface area contributed by atoms with Crippen molar-refractivity contribution in [1.29, 1.82) is 0 Å². The van der Waals surface area contributed by atoms with Crippen LogP contribution in [0.25, 0.3) is 0 Å². The van der Waals surface area contributed by atoms with Crippen molar-refractivity contribution in [3.05, 3.63) is 59.7 Å². The minimum absolute atomic E-state index is 0.0677. The van der Waals surface area contributed by atoms with Gasteiger partial charge < -0.3 is 5.32 Å². The lowest BCUT2D eigenvalue weighted by molar-refractivity contribution is -0.0167. The zero-order valence-electron chi connectivity index (χ0n) is 18.2. The highest BCUT2D eigenvalue weighted by Crippen LogP contribution is 2.55. The van der Waals surface area contributed by atoms with Gasteiger partial charge in [0.1, 0.15) is 0 Å². The van der Waals surface area contributed by atoms with Gasteiger partial charge in [0.05, 0.1) is 10.6 Å². The maximum atomic E-state index is 13.2. The molecule has 0 unspecified atom stereocenters. The Hall–Kier alpha value is -2.34. The molecule has 2 aromatic carbocycles. The van der Waals surface area contributed by atoms with Crippen molar-refractivity contribution in [2.75, 3.05) is 11.4 Å². The number of amides is 1. The number of nitrogens with one attached hydrogen (secondary N) is 1. The first-order valence-corrected chi connectivity index (χ1v) is 12.7. The van der Waals surface area contributed by atoms with Crippen LogP contribution in [-0.4, -0.2) is 26.9 Å². The highest BCUT2D eigenvalue weighted by molar-refractivity contribution is 7.92. The molecule has 164 valence electrons. The van der Waals surface area contributed by atoms with Crippen LogP contribution in [0, 0.1) is 24.7 Å². The van der Waals surface area contributed by atoms with E-state index in [9.17, 15) is 13.2 Å². The normalized spacial score (nSPS) is 29.0. The smallest absolute Gasteiger partial charge is 0.264 e. The van der Waals surface area contributed by atoms with Crippen LogP contribution in [0.2, 0.25) is 0 Å². The van der Waals surface area contributed by atoms with Gasteiger partial charge in [0.25, 0.3) is 15.9 Å². The molecule has 4 aliphatic rings. The average Bonchev–Trinajstić information content (AvgIpc) is 2.72. The summed E-state index contributed by atoms with van der Waals surface area (Å²) in [6.07, 6.45) is 7.25. The number of aryl methyl sites for hydroxylation is 1. The number of hydrogen-bond acceptors (Lipinski definition) is 3. The fraction of sp³-hybridized carbons (Fsp3) is 0.480. The molecule has 1 amide bonds. The van der Waals surface area contributed by atoms with E-state index in [1.807, 2.05) is 6.92 Å². The fourth-order valence-corrected chi connectivity index (χ4v) is 7.61. The molecule has 2 aromatic rings. The third kappa shape index (κ3) is 3.75. The lowest BCUT2D eigenvalue weighted by Gasteiger charge is -2.56. The van der Waals surface area contributed by atoms with E-state index in [1.54, 1.807) is 48.5 Å². The third-order valence-electron chi connectivity index (χ3n) is 7.57. The standard InChI is InChI=1S/C25H30N2O3S/c1-17-6-8-23(9-7-17)31(29,30)27(2)22-5-3-4-21(13-22)24(28)26-25-14-18-10-19(15-25)12-20(11-18)16-25/h3-9,13,18-20H,10-12,14-16H2,1-2H3,(H,26,28). The van der Waals surface area contributed by atoms with Gasteiger partial charge in [-0.15, -0.1) is 0 Å². The SMILES string of the molecule is Cc1ccc(S(=O)(=O)N(C)c2cccc(C(=O)NC34CC5CC(CC(C5)C3)C4)c2)cc1. The molecule has 0 aliphatic heterocycles. The molecule has 4 aliphatic carbocycles. The molecule has 4 bridgehead atoms. The van der Waals surface area contributed by atoms with Crippen LogP contribution in [0.3, 0.4) is 0 Å².